The zero-order valence-electron chi connectivity index (χ0n) is 12.1. The van der Waals surface area contributed by atoms with Crippen molar-refractivity contribution in [3.05, 3.63) is 65.2 Å². The minimum Gasteiger partial charge on any atom is -0.425 e. The SMILES string of the molecule is Cc1ccccc1OC(=O)CNC(=O)c1ccccc1C. The van der Waals surface area contributed by atoms with E-state index in [1.807, 2.05) is 38.1 Å². The largest absolute Gasteiger partial charge is 0.425 e. The Balaban J connectivity index is 1.91. The second kappa shape index (κ2) is 6.70. The van der Waals surface area contributed by atoms with Gasteiger partial charge >= 0.3 is 5.97 Å². The number of nitrogens with one attached hydrogen (secondary N) is 1. The molecule has 0 unspecified atom stereocenters. The molecule has 0 spiro atoms. The molecular weight excluding hydrogens is 266 g/mol. The fraction of sp³-hybridized carbons (Fsp3) is 0.176. The van der Waals surface area contributed by atoms with Gasteiger partial charge in [0.05, 0.1) is 0 Å². The number of ether oxygens (including phenoxy) is 1. The summed E-state index contributed by atoms with van der Waals surface area (Å²) in [7, 11) is 0. The molecule has 21 heavy (non-hydrogen) atoms. The highest BCUT2D eigenvalue weighted by atomic mass is 16.5. The minimum absolute atomic E-state index is 0.165. The highest BCUT2D eigenvalue weighted by Gasteiger charge is 2.11. The molecule has 4 nitrogen and oxygen atoms in total. The molecule has 4 heteroatoms. The number of rotatable bonds is 4. The Bertz CT molecular complexity index is 665. The maximum atomic E-state index is 12.0. The number of amides is 1. The van der Waals surface area contributed by atoms with Crippen molar-refractivity contribution in [3.63, 3.8) is 0 Å². The third-order valence-corrected chi connectivity index (χ3v) is 3.10. The summed E-state index contributed by atoms with van der Waals surface area (Å²) in [5.74, 6) is -0.270. The second-order valence-electron chi connectivity index (χ2n) is 4.74. The van der Waals surface area contributed by atoms with Crippen LogP contribution in [0, 0.1) is 13.8 Å². The van der Waals surface area contributed by atoms with Gasteiger partial charge in [0.1, 0.15) is 12.3 Å². The van der Waals surface area contributed by atoms with Gasteiger partial charge in [0.25, 0.3) is 5.91 Å². The lowest BCUT2D eigenvalue weighted by molar-refractivity contribution is -0.133. The Kier molecular flexibility index (Phi) is 4.72. The van der Waals surface area contributed by atoms with E-state index in [1.165, 1.54) is 0 Å². The summed E-state index contributed by atoms with van der Waals surface area (Å²) in [5, 5.41) is 2.57. The van der Waals surface area contributed by atoms with Crippen LogP contribution in [0.4, 0.5) is 0 Å². The molecule has 0 radical (unpaired) electrons. The number of aryl methyl sites for hydroxylation is 2. The third kappa shape index (κ3) is 3.92. The van der Waals surface area contributed by atoms with Crippen LogP contribution >= 0.6 is 0 Å². The first-order valence-electron chi connectivity index (χ1n) is 6.68. The van der Waals surface area contributed by atoms with E-state index in [0.717, 1.165) is 11.1 Å². The van der Waals surface area contributed by atoms with Crippen LogP contribution in [0.5, 0.6) is 5.75 Å². The Labute approximate surface area is 123 Å². The smallest absolute Gasteiger partial charge is 0.330 e. The van der Waals surface area contributed by atoms with Gasteiger partial charge in [-0.25, -0.2) is 4.79 Å². The molecule has 2 aromatic carbocycles. The normalized spacial score (nSPS) is 10.0. The molecule has 1 amide bonds. The number of carbonyl (C=O) groups excluding carboxylic acids is 2. The summed E-state index contributed by atoms with van der Waals surface area (Å²) in [4.78, 5) is 23.7. The lowest BCUT2D eigenvalue weighted by Crippen LogP contribution is -2.32. The fourth-order valence-corrected chi connectivity index (χ4v) is 1.91. The molecular formula is C17H17NO3. The Morgan fingerprint density at radius 1 is 0.952 bits per heavy atom. The van der Waals surface area contributed by atoms with Gasteiger partial charge in [-0.3, -0.25) is 4.79 Å². The van der Waals surface area contributed by atoms with Gasteiger partial charge in [-0.1, -0.05) is 36.4 Å². The van der Waals surface area contributed by atoms with Crippen LogP contribution in [0.2, 0.25) is 0 Å². The van der Waals surface area contributed by atoms with Crippen molar-refractivity contribution < 1.29 is 14.3 Å². The lowest BCUT2D eigenvalue weighted by atomic mass is 10.1. The number of carbonyl (C=O) groups is 2. The molecule has 0 aliphatic heterocycles. The van der Waals surface area contributed by atoms with Crippen LogP contribution in [-0.4, -0.2) is 18.4 Å². The second-order valence-corrected chi connectivity index (χ2v) is 4.74. The fourth-order valence-electron chi connectivity index (χ4n) is 1.91. The molecule has 0 saturated heterocycles. The van der Waals surface area contributed by atoms with Crippen LogP contribution < -0.4 is 10.1 Å². The first kappa shape index (κ1) is 14.8. The maximum Gasteiger partial charge on any atom is 0.330 e. The van der Waals surface area contributed by atoms with E-state index in [2.05, 4.69) is 5.32 Å². The highest BCUT2D eigenvalue weighted by molar-refractivity contribution is 5.97. The van der Waals surface area contributed by atoms with E-state index >= 15 is 0 Å². The van der Waals surface area contributed by atoms with Crippen molar-refractivity contribution >= 4 is 11.9 Å². The van der Waals surface area contributed by atoms with Crippen LogP contribution in [0.15, 0.2) is 48.5 Å². The molecule has 0 aromatic heterocycles. The molecule has 108 valence electrons. The molecule has 2 aromatic rings. The summed E-state index contributed by atoms with van der Waals surface area (Å²) in [6.07, 6.45) is 0. The summed E-state index contributed by atoms with van der Waals surface area (Å²) in [6.45, 7) is 3.54. The van der Waals surface area contributed by atoms with Crippen LogP contribution in [0.3, 0.4) is 0 Å². The third-order valence-electron chi connectivity index (χ3n) is 3.10. The lowest BCUT2D eigenvalue weighted by Gasteiger charge is -2.09. The molecule has 0 aliphatic carbocycles. The molecule has 0 fully saturated rings. The van der Waals surface area contributed by atoms with Gasteiger partial charge in [0, 0.05) is 5.56 Å². The van der Waals surface area contributed by atoms with Gasteiger partial charge < -0.3 is 10.1 Å². The summed E-state index contributed by atoms with van der Waals surface area (Å²) in [6, 6.07) is 14.4. The molecule has 1 N–H and O–H groups in total. The van der Waals surface area contributed by atoms with E-state index in [-0.39, 0.29) is 12.5 Å². The Morgan fingerprint density at radius 3 is 2.24 bits per heavy atom. The molecule has 0 saturated carbocycles. The topological polar surface area (TPSA) is 55.4 Å². The highest BCUT2D eigenvalue weighted by Crippen LogP contribution is 2.16. The van der Waals surface area contributed by atoms with E-state index in [4.69, 9.17) is 4.74 Å². The van der Waals surface area contributed by atoms with E-state index in [1.54, 1.807) is 24.3 Å². The van der Waals surface area contributed by atoms with Crippen molar-refractivity contribution in [3.8, 4) is 5.75 Å². The summed E-state index contributed by atoms with van der Waals surface area (Å²) >= 11 is 0. The molecule has 0 heterocycles. The first-order chi connectivity index (χ1) is 10.1. The van der Waals surface area contributed by atoms with Gasteiger partial charge in [0.15, 0.2) is 0 Å². The van der Waals surface area contributed by atoms with Gasteiger partial charge in [-0.05, 0) is 37.1 Å². The van der Waals surface area contributed by atoms with Crippen molar-refractivity contribution in [2.75, 3.05) is 6.54 Å². The molecule has 0 aliphatic rings. The van der Waals surface area contributed by atoms with Gasteiger partial charge in [0.2, 0.25) is 0 Å². The van der Waals surface area contributed by atoms with E-state index < -0.39 is 5.97 Å². The predicted molar refractivity (Wildman–Crippen MR) is 80.3 cm³/mol. The van der Waals surface area contributed by atoms with Crippen molar-refractivity contribution in [1.82, 2.24) is 5.32 Å². The van der Waals surface area contributed by atoms with Gasteiger partial charge in [-0.15, -0.1) is 0 Å². The maximum absolute atomic E-state index is 12.0. The van der Waals surface area contributed by atoms with E-state index in [0.29, 0.717) is 11.3 Å². The predicted octanol–water partition coefficient (Wildman–Crippen LogP) is 2.64. The van der Waals surface area contributed by atoms with Crippen molar-refractivity contribution in [1.29, 1.82) is 0 Å². The van der Waals surface area contributed by atoms with E-state index in [9.17, 15) is 9.59 Å². The van der Waals surface area contributed by atoms with Crippen LogP contribution in [-0.2, 0) is 4.79 Å². The van der Waals surface area contributed by atoms with Crippen molar-refractivity contribution in [2.45, 2.75) is 13.8 Å². The zero-order chi connectivity index (χ0) is 15.2. The minimum atomic E-state index is -0.494. The average molecular weight is 283 g/mol. The standard InChI is InChI=1S/C17H17NO3/c1-12-7-3-5-9-14(12)17(20)18-11-16(19)21-15-10-6-4-8-13(15)2/h3-10H,11H2,1-2H3,(H,18,20). The number of benzene rings is 2. The van der Waals surface area contributed by atoms with Crippen LogP contribution in [0.25, 0.3) is 0 Å². The molecule has 2 rings (SSSR count). The summed E-state index contributed by atoms with van der Waals surface area (Å²) < 4.78 is 5.21. The monoisotopic (exact) mass is 283 g/mol. The van der Waals surface area contributed by atoms with Crippen LogP contribution in [0.1, 0.15) is 21.5 Å². The number of esters is 1. The van der Waals surface area contributed by atoms with Crippen molar-refractivity contribution in [2.24, 2.45) is 0 Å². The number of hydrogen-bond donors (Lipinski definition) is 1. The summed E-state index contributed by atoms with van der Waals surface area (Å²) in [5.41, 5.74) is 2.29. The number of para-hydroxylation sites is 1. The zero-order valence-corrected chi connectivity index (χ0v) is 12.1. The van der Waals surface area contributed by atoms with Gasteiger partial charge in [-0.2, -0.15) is 0 Å². The Hall–Kier alpha value is -2.62. The molecule has 0 atom stereocenters. The quantitative estimate of drug-likeness (QED) is 0.693. The average Bonchev–Trinajstić information content (AvgIpc) is 2.48. The Morgan fingerprint density at radius 2 is 1.57 bits per heavy atom. The molecule has 0 bridgehead atoms. The number of hydrogen-bond acceptors (Lipinski definition) is 3. The first-order valence-corrected chi connectivity index (χ1v) is 6.68.